The van der Waals surface area contributed by atoms with Crippen LogP contribution in [0.1, 0.15) is 19.4 Å². The predicted octanol–water partition coefficient (Wildman–Crippen LogP) is 3.73. The molecule has 0 unspecified atom stereocenters. The van der Waals surface area contributed by atoms with E-state index in [4.69, 9.17) is 2.74 Å². The van der Waals surface area contributed by atoms with E-state index >= 15 is 0 Å². The Hall–Kier alpha value is -4.89. The summed E-state index contributed by atoms with van der Waals surface area (Å²) < 4.78 is 16.8. The number of rotatable bonds is 6. The van der Waals surface area contributed by atoms with Gasteiger partial charge in [0.05, 0.1) is 15.8 Å². The molecule has 0 bridgehead atoms. The molecule has 0 saturated carbocycles. The van der Waals surface area contributed by atoms with Gasteiger partial charge in [-0.1, -0.05) is 84.9 Å². The number of likely N-dealkylation sites (N-methyl/N-ethyl adjacent to an activating group) is 1. The number of fused-ring (bicyclic) bond motifs is 2. The number of phenols is 1. The van der Waals surface area contributed by atoms with Crippen molar-refractivity contribution in [3.8, 4) is 5.75 Å². The van der Waals surface area contributed by atoms with E-state index in [1.54, 1.807) is 17.0 Å². The Balaban J connectivity index is 1.37. The first-order chi connectivity index (χ1) is 21.2. The molecule has 2 atom stereocenters. The molecule has 0 aromatic heterocycles. The molecule has 9 heteroatoms. The van der Waals surface area contributed by atoms with Crippen LogP contribution in [0.3, 0.4) is 0 Å². The van der Waals surface area contributed by atoms with Crippen LogP contribution in [-0.2, 0) is 29.1 Å². The quantitative estimate of drug-likeness (QED) is 0.372. The van der Waals surface area contributed by atoms with Gasteiger partial charge in [0, 0.05) is 26.6 Å². The van der Waals surface area contributed by atoms with Crippen LogP contribution in [0.2, 0.25) is 0 Å². The molecular weight excluding hydrogens is 530 g/mol. The van der Waals surface area contributed by atoms with Crippen molar-refractivity contribution in [2.24, 2.45) is 0 Å². The Morgan fingerprint density at radius 2 is 1.67 bits per heavy atom. The Morgan fingerprint density at radius 3 is 2.45 bits per heavy atom. The highest BCUT2D eigenvalue weighted by Gasteiger charge is 2.50. The third-order valence-corrected chi connectivity index (χ3v) is 7.86. The fourth-order valence-electron chi connectivity index (χ4n) is 5.85. The van der Waals surface area contributed by atoms with Gasteiger partial charge in [0.25, 0.3) is 0 Å². The van der Waals surface area contributed by atoms with Crippen LogP contribution < -0.4 is 5.32 Å². The molecule has 2 heterocycles. The van der Waals surface area contributed by atoms with Crippen LogP contribution in [0, 0.1) is 0 Å². The van der Waals surface area contributed by atoms with Crippen LogP contribution in [0.25, 0.3) is 10.8 Å². The van der Waals surface area contributed by atoms with Crippen molar-refractivity contribution in [1.82, 2.24) is 25.1 Å². The molecule has 214 valence electrons. The lowest BCUT2D eigenvalue weighted by molar-refractivity contribution is -0.187. The summed E-state index contributed by atoms with van der Waals surface area (Å²) >= 11 is 0. The summed E-state index contributed by atoms with van der Waals surface area (Å²) in [6.45, 7) is 0.476. The predicted molar refractivity (Wildman–Crippen MR) is 159 cm³/mol. The molecule has 0 spiro atoms. The van der Waals surface area contributed by atoms with Gasteiger partial charge < -0.3 is 20.2 Å². The highest BCUT2D eigenvalue weighted by Crippen LogP contribution is 2.30. The zero-order valence-corrected chi connectivity index (χ0v) is 23.2. The molecule has 9 nitrogen and oxygen atoms in total. The van der Waals surface area contributed by atoms with Gasteiger partial charge in [0.1, 0.15) is 18.0 Å². The smallest absolute Gasteiger partial charge is 0.334 e. The third-order valence-electron chi connectivity index (χ3n) is 7.86. The number of nitrogens with zero attached hydrogens (tertiary/aromatic N) is 4. The van der Waals surface area contributed by atoms with E-state index in [2.05, 4.69) is 5.32 Å². The SMILES string of the molecule is [2H]c1cc(O)cc([2H])c1C[C@H]1C(=O)N(Cc2cccc3ccccc23)C[C@H]2N1C(=O)CN(C)N2C(=O)NCc1ccccc1. The zero-order chi connectivity index (χ0) is 31.0. The van der Waals surface area contributed by atoms with E-state index in [1.165, 1.54) is 22.0 Å². The van der Waals surface area contributed by atoms with E-state index in [0.29, 0.717) is 0 Å². The molecule has 2 aliphatic rings. The minimum atomic E-state index is -1.06. The highest BCUT2D eigenvalue weighted by atomic mass is 16.3. The van der Waals surface area contributed by atoms with Gasteiger partial charge in [0.2, 0.25) is 11.8 Å². The number of hydrazine groups is 1. The molecule has 2 aliphatic heterocycles. The van der Waals surface area contributed by atoms with Gasteiger partial charge in [-0.15, -0.1) is 0 Å². The van der Waals surface area contributed by atoms with Crippen molar-refractivity contribution in [1.29, 1.82) is 0 Å². The number of amides is 4. The number of carbonyl (C=O) groups is 3. The topological polar surface area (TPSA) is 96.4 Å². The molecule has 4 amide bonds. The fourth-order valence-corrected chi connectivity index (χ4v) is 5.85. The molecule has 4 aromatic rings. The first-order valence-corrected chi connectivity index (χ1v) is 13.9. The van der Waals surface area contributed by atoms with Crippen molar-refractivity contribution in [2.75, 3.05) is 20.1 Å². The number of carbonyl (C=O) groups excluding carboxylic acids is 3. The molecule has 2 fully saturated rings. The number of benzene rings is 4. The molecule has 4 aromatic carbocycles. The number of hydrogen-bond acceptors (Lipinski definition) is 5. The third kappa shape index (κ3) is 5.38. The van der Waals surface area contributed by atoms with E-state index in [-0.39, 0.29) is 67.8 Å². The second-order valence-electron chi connectivity index (χ2n) is 10.6. The standard InChI is InChI=1S/C33H33N5O4/c1-35-22-31(40)37-29(18-23-14-16-27(39)17-15-23)32(41)36(20-26-12-7-11-25-10-5-6-13-28(25)26)21-30(37)38(35)33(42)34-19-24-8-3-2-4-9-24/h2-17,29-30,39H,18-22H2,1H3,(H,34,42)/t29-,30-/m0/s1/i14D,15D. The summed E-state index contributed by atoms with van der Waals surface area (Å²) in [5.41, 5.74) is 2.07. The highest BCUT2D eigenvalue weighted by molar-refractivity contribution is 5.92. The summed E-state index contributed by atoms with van der Waals surface area (Å²) in [5, 5.41) is 18.0. The fraction of sp³-hybridized carbons (Fsp3) is 0.242. The Labute approximate surface area is 247 Å². The molecular formula is C33H33N5O4. The van der Waals surface area contributed by atoms with Crippen molar-refractivity contribution in [3.05, 3.63) is 114 Å². The monoisotopic (exact) mass is 565 g/mol. The van der Waals surface area contributed by atoms with Gasteiger partial charge in [-0.2, -0.15) is 0 Å². The van der Waals surface area contributed by atoms with Crippen LogP contribution in [0.15, 0.2) is 97.0 Å². The minimum Gasteiger partial charge on any atom is -0.508 e. The second-order valence-corrected chi connectivity index (χ2v) is 10.6. The van der Waals surface area contributed by atoms with E-state index in [9.17, 15) is 19.5 Å². The van der Waals surface area contributed by atoms with Gasteiger partial charge in [-0.25, -0.2) is 14.8 Å². The Kier molecular flexibility index (Phi) is 6.83. The number of hydrogen-bond donors (Lipinski definition) is 2. The average Bonchev–Trinajstić information content (AvgIpc) is 3.00. The number of nitrogens with one attached hydrogen (secondary N) is 1. The number of piperazine rings is 1. The largest absolute Gasteiger partial charge is 0.508 e. The lowest BCUT2D eigenvalue weighted by atomic mass is 9.97. The molecule has 2 saturated heterocycles. The maximum atomic E-state index is 14.3. The lowest BCUT2D eigenvalue weighted by Gasteiger charge is -2.54. The summed E-state index contributed by atoms with van der Waals surface area (Å²) in [6, 6.07) is 24.1. The van der Waals surface area contributed by atoms with Crippen LogP contribution in [0.4, 0.5) is 4.79 Å². The van der Waals surface area contributed by atoms with Gasteiger partial charge in [0.15, 0.2) is 0 Å². The van der Waals surface area contributed by atoms with Crippen molar-refractivity contribution in [2.45, 2.75) is 31.7 Å². The molecule has 0 radical (unpaired) electrons. The van der Waals surface area contributed by atoms with Crippen LogP contribution in [-0.4, -0.2) is 75.1 Å². The number of phenolic OH excluding ortho intramolecular Hbond substituents is 1. The van der Waals surface area contributed by atoms with Crippen molar-refractivity contribution < 1.29 is 22.2 Å². The average molecular weight is 566 g/mol. The molecule has 0 aliphatic carbocycles. The normalized spacial score (nSPS) is 19.9. The molecule has 6 rings (SSSR count). The van der Waals surface area contributed by atoms with E-state index in [1.807, 2.05) is 72.8 Å². The van der Waals surface area contributed by atoms with E-state index in [0.717, 1.165) is 21.9 Å². The van der Waals surface area contributed by atoms with Crippen LogP contribution in [0.5, 0.6) is 5.75 Å². The summed E-state index contributed by atoms with van der Waals surface area (Å²) in [6.07, 6.45) is -0.927. The van der Waals surface area contributed by atoms with E-state index < -0.39 is 18.2 Å². The first-order valence-electron chi connectivity index (χ1n) is 14.9. The zero-order valence-electron chi connectivity index (χ0n) is 25.2. The number of urea groups is 1. The molecule has 42 heavy (non-hydrogen) atoms. The lowest BCUT2D eigenvalue weighted by Crippen LogP contribution is -2.76. The van der Waals surface area contributed by atoms with Gasteiger partial charge >= 0.3 is 6.03 Å². The summed E-state index contributed by atoms with van der Waals surface area (Å²) in [4.78, 5) is 44.7. The van der Waals surface area contributed by atoms with Crippen molar-refractivity contribution in [3.63, 3.8) is 0 Å². The maximum absolute atomic E-state index is 14.3. The minimum absolute atomic E-state index is 0.0738. The summed E-state index contributed by atoms with van der Waals surface area (Å²) in [5.74, 6) is -0.876. The first kappa shape index (κ1) is 24.9. The van der Waals surface area contributed by atoms with Gasteiger partial charge in [-0.3, -0.25) is 9.59 Å². The second kappa shape index (κ2) is 11.5. The maximum Gasteiger partial charge on any atom is 0.334 e. The van der Waals surface area contributed by atoms with Crippen molar-refractivity contribution >= 4 is 28.6 Å². The Bertz CT molecular complexity index is 1710. The van der Waals surface area contributed by atoms with Gasteiger partial charge in [-0.05, 0) is 39.6 Å². The summed E-state index contributed by atoms with van der Waals surface area (Å²) in [7, 11) is 1.67. The van der Waals surface area contributed by atoms with Crippen LogP contribution >= 0.6 is 0 Å². The molecule has 2 N–H and O–H groups in total. The number of aromatic hydroxyl groups is 1. The Morgan fingerprint density at radius 1 is 0.952 bits per heavy atom.